The molecule has 0 spiro atoms. The monoisotopic (exact) mass is 343 g/mol. The summed E-state index contributed by atoms with van der Waals surface area (Å²) in [4.78, 5) is 25.8. The standard InChI is InChI=1S/C19H22FN3O2/c1-13(14-8-10-15(20)11-9-14)22-18(24)12-21-17-7-5-4-6-16(17)19(25)23(2)3/h4-11,13,21H,12H2,1-3H3,(H,22,24). The fourth-order valence-electron chi connectivity index (χ4n) is 2.37. The molecule has 0 saturated heterocycles. The first kappa shape index (κ1) is 18.4. The van der Waals surface area contributed by atoms with Gasteiger partial charge in [0.15, 0.2) is 0 Å². The molecule has 0 heterocycles. The number of carbonyl (C=O) groups is 2. The minimum Gasteiger partial charge on any atom is -0.376 e. The van der Waals surface area contributed by atoms with Crippen molar-refractivity contribution in [3.05, 3.63) is 65.5 Å². The number of hydrogen-bond donors (Lipinski definition) is 2. The van der Waals surface area contributed by atoms with Gasteiger partial charge in [-0.1, -0.05) is 24.3 Å². The minimum absolute atomic E-state index is 0.0310. The van der Waals surface area contributed by atoms with Gasteiger partial charge in [0.2, 0.25) is 5.91 Å². The lowest BCUT2D eigenvalue weighted by Crippen LogP contribution is -2.32. The molecule has 0 radical (unpaired) electrons. The maximum Gasteiger partial charge on any atom is 0.255 e. The van der Waals surface area contributed by atoms with Crippen LogP contribution < -0.4 is 10.6 Å². The zero-order valence-corrected chi connectivity index (χ0v) is 14.5. The number of benzene rings is 2. The summed E-state index contributed by atoms with van der Waals surface area (Å²) in [6.45, 7) is 1.86. The summed E-state index contributed by atoms with van der Waals surface area (Å²) in [6.07, 6.45) is 0. The normalized spacial score (nSPS) is 11.5. The average molecular weight is 343 g/mol. The molecule has 0 aliphatic carbocycles. The van der Waals surface area contributed by atoms with Gasteiger partial charge < -0.3 is 15.5 Å². The van der Waals surface area contributed by atoms with Crippen LogP contribution in [0.4, 0.5) is 10.1 Å². The Hall–Kier alpha value is -2.89. The maximum atomic E-state index is 13.0. The Balaban J connectivity index is 1.96. The van der Waals surface area contributed by atoms with Crippen LogP contribution in [0, 0.1) is 5.82 Å². The summed E-state index contributed by atoms with van der Waals surface area (Å²) >= 11 is 0. The number of rotatable bonds is 6. The molecule has 2 aromatic rings. The molecule has 6 heteroatoms. The van der Waals surface area contributed by atoms with E-state index in [2.05, 4.69) is 10.6 Å². The highest BCUT2D eigenvalue weighted by Crippen LogP contribution is 2.16. The summed E-state index contributed by atoms with van der Waals surface area (Å²) < 4.78 is 13.0. The van der Waals surface area contributed by atoms with Gasteiger partial charge in [0.1, 0.15) is 5.82 Å². The third-order valence-corrected chi connectivity index (χ3v) is 3.75. The molecule has 2 N–H and O–H groups in total. The minimum atomic E-state index is -0.314. The van der Waals surface area contributed by atoms with Crippen molar-refractivity contribution in [3.63, 3.8) is 0 Å². The van der Waals surface area contributed by atoms with Crippen molar-refractivity contribution in [2.45, 2.75) is 13.0 Å². The van der Waals surface area contributed by atoms with Gasteiger partial charge in [0.05, 0.1) is 18.2 Å². The number of halogens is 1. The zero-order valence-electron chi connectivity index (χ0n) is 14.5. The Bertz CT molecular complexity index is 745. The number of hydrogen-bond acceptors (Lipinski definition) is 3. The summed E-state index contributed by atoms with van der Waals surface area (Å²) in [5, 5.41) is 5.83. The second-order valence-electron chi connectivity index (χ2n) is 5.94. The topological polar surface area (TPSA) is 61.4 Å². The molecular weight excluding hydrogens is 321 g/mol. The first-order valence-corrected chi connectivity index (χ1v) is 7.98. The number of para-hydroxylation sites is 1. The second kappa shape index (κ2) is 8.28. The molecule has 2 aromatic carbocycles. The fourth-order valence-corrected chi connectivity index (χ4v) is 2.37. The lowest BCUT2D eigenvalue weighted by Gasteiger charge is -2.17. The van der Waals surface area contributed by atoms with Crippen molar-refractivity contribution in [3.8, 4) is 0 Å². The van der Waals surface area contributed by atoms with Gasteiger partial charge >= 0.3 is 0 Å². The molecule has 132 valence electrons. The van der Waals surface area contributed by atoms with Crippen molar-refractivity contribution in [2.75, 3.05) is 26.0 Å². The van der Waals surface area contributed by atoms with Crippen LogP contribution in [0.3, 0.4) is 0 Å². The van der Waals surface area contributed by atoms with Crippen LogP contribution in [-0.4, -0.2) is 37.4 Å². The molecular formula is C19H22FN3O2. The van der Waals surface area contributed by atoms with Gasteiger partial charge in [-0.3, -0.25) is 9.59 Å². The summed E-state index contributed by atoms with van der Waals surface area (Å²) in [5.41, 5.74) is 1.93. The number of anilines is 1. The molecule has 25 heavy (non-hydrogen) atoms. The SMILES string of the molecule is CC(NC(=O)CNc1ccccc1C(=O)N(C)C)c1ccc(F)cc1. The van der Waals surface area contributed by atoms with E-state index in [4.69, 9.17) is 0 Å². The highest BCUT2D eigenvalue weighted by Gasteiger charge is 2.14. The van der Waals surface area contributed by atoms with Gasteiger partial charge in [-0.05, 0) is 36.8 Å². The van der Waals surface area contributed by atoms with Crippen LogP contribution in [0.25, 0.3) is 0 Å². The van der Waals surface area contributed by atoms with Gasteiger partial charge in [-0.25, -0.2) is 4.39 Å². The maximum absolute atomic E-state index is 13.0. The molecule has 2 rings (SSSR count). The van der Waals surface area contributed by atoms with E-state index in [0.29, 0.717) is 11.3 Å². The molecule has 0 bridgehead atoms. The van der Waals surface area contributed by atoms with E-state index in [0.717, 1.165) is 5.56 Å². The van der Waals surface area contributed by atoms with E-state index < -0.39 is 0 Å². The Morgan fingerprint density at radius 3 is 2.36 bits per heavy atom. The van der Waals surface area contributed by atoms with Crippen molar-refractivity contribution in [1.82, 2.24) is 10.2 Å². The second-order valence-corrected chi connectivity index (χ2v) is 5.94. The summed E-state index contributed by atoms with van der Waals surface area (Å²) in [7, 11) is 3.35. The van der Waals surface area contributed by atoms with Crippen molar-refractivity contribution in [2.24, 2.45) is 0 Å². The lowest BCUT2D eigenvalue weighted by atomic mass is 10.1. The molecule has 0 aliphatic heterocycles. The van der Waals surface area contributed by atoms with Gasteiger partial charge in [-0.15, -0.1) is 0 Å². The first-order chi connectivity index (χ1) is 11.9. The predicted molar refractivity (Wildman–Crippen MR) is 95.9 cm³/mol. The molecule has 0 aliphatic rings. The molecule has 1 unspecified atom stereocenters. The van der Waals surface area contributed by atoms with Crippen LogP contribution in [0.2, 0.25) is 0 Å². The number of nitrogens with one attached hydrogen (secondary N) is 2. The molecule has 1 atom stereocenters. The third-order valence-electron chi connectivity index (χ3n) is 3.75. The van der Waals surface area contributed by atoms with Crippen molar-refractivity contribution < 1.29 is 14.0 Å². The number of nitrogens with zero attached hydrogens (tertiary/aromatic N) is 1. The van der Waals surface area contributed by atoms with Crippen LogP contribution in [0.1, 0.15) is 28.9 Å². The van der Waals surface area contributed by atoms with Gasteiger partial charge in [0.25, 0.3) is 5.91 Å². The number of amides is 2. The zero-order chi connectivity index (χ0) is 18.4. The summed E-state index contributed by atoms with van der Waals surface area (Å²) in [5.74, 6) is -0.668. The van der Waals surface area contributed by atoms with E-state index in [1.807, 2.05) is 6.92 Å². The van der Waals surface area contributed by atoms with Gasteiger partial charge in [-0.2, -0.15) is 0 Å². The van der Waals surface area contributed by atoms with Crippen LogP contribution in [-0.2, 0) is 4.79 Å². The van der Waals surface area contributed by atoms with E-state index in [9.17, 15) is 14.0 Å². The van der Waals surface area contributed by atoms with E-state index >= 15 is 0 Å². The molecule has 0 aromatic heterocycles. The third kappa shape index (κ3) is 5.04. The fraction of sp³-hybridized carbons (Fsp3) is 0.263. The number of carbonyl (C=O) groups excluding carboxylic acids is 2. The summed E-state index contributed by atoms with van der Waals surface area (Å²) in [6, 6.07) is 12.8. The van der Waals surface area contributed by atoms with Crippen LogP contribution in [0.15, 0.2) is 48.5 Å². The van der Waals surface area contributed by atoms with E-state index in [1.165, 1.54) is 17.0 Å². The lowest BCUT2D eigenvalue weighted by molar-refractivity contribution is -0.120. The Labute approximate surface area is 146 Å². The average Bonchev–Trinajstić information content (AvgIpc) is 2.60. The largest absolute Gasteiger partial charge is 0.376 e. The predicted octanol–water partition coefficient (Wildman–Crippen LogP) is 2.82. The molecule has 5 nitrogen and oxygen atoms in total. The smallest absolute Gasteiger partial charge is 0.255 e. The highest BCUT2D eigenvalue weighted by molar-refractivity contribution is 5.99. The van der Waals surface area contributed by atoms with Crippen LogP contribution >= 0.6 is 0 Å². The Kier molecular flexibility index (Phi) is 6.11. The van der Waals surface area contributed by atoms with Crippen molar-refractivity contribution in [1.29, 1.82) is 0 Å². The van der Waals surface area contributed by atoms with Crippen molar-refractivity contribution >= 4 is 17.5 Å². The Morgan fingerprint density at radius 2 is 1.72 bits per heavy atom. The first-order valence-electron chi connectivity index (χ1n) is 7.98. The Morgan fingerprint density at radius 1 is 1.08 bits per heavy atom. The quantitative estimate of drug-likeness (QED) is 0.848. The van der Waals surface area contributed by atoms with Gasteiger partial charge in [0, 0.05) is 19.8 Å². The van der Waals surface area contributed by atoms with E-state index in [-0.39, 0.29) is 30.2 Å². The molecule has 0 fully saturated rings. The highest BCUT2D eigenvalue weighted by atomic mass is 19.1. The van der Waals surface area contributed by atoms with E-state index in [1.54, 1.807) is 50.5 Å². The molecule has 0 saturated carbocycles. The van der Waals surface area contributed by atoms with Crippen LogP contribution in [0.5, 0.6) is 0 Å². The molecule has 2 amide bonds.